The molecule has 6 rings (SSSR count). The number of hydrogen-bond acceptors (Lipinski definition) is 8. The summed E-state index contributed by atoms with van der Waals surface area (Å²) >= 11 is 0. The van der Waals surface area contributed by atoms with Crippen molar-refractivity contribution in [2.45, 2.75) is 27.7 Å². The zero-order valence-electron chi connectivity index (χ0n) is 27.0. The Hall–Kier alpha value is -5.24. The summed E-state index contributed by atoms with van der Waals surface area (Å²) in [6, 6.07) is 32.6. The van der Waals surface area contributed by atoms with Gasteiger partial charge < -0.3 is 19.3 Å². The van der Waals surface area contributed by atoms with E-state index < -0.39 is 0 Å². The quantitative estimate of drug-likeness (QED) is 0.121. The number of hydrogen-bond donors (Lipinski definition) is 0. The van der Waals surface area contributed by atoms with Gasteiger partial charge in [0, 0.05) is 48.7 Å². The van der Waals surface area contributed by atoms with Crippen molar-refractivity contribution in [1.82, 2.24) is 19.9 Å². The molecule has 46 heavy (non-hydrogen) atoms. The van der Waals surface area contributed by atoms with E-state index in [-0.39, 0.29) is 13.2 Å². The number of fused-ring (bicyclic) bond motifs is 2. The number of benzene rings is 4. The molecule has 0 bridgehead atoms. The van der Waals surface area contributed by atoms with E-state index in [2.05, 4.69) is 86.0 Å². The Morgan fingerprint density at radius 1 is 0.457 bits per heavy atom. The molecule has 0 N–H and O–H groups in total. The van der Waals surface area contributed by atoms with Crippen LogP contribution in [0.5, 0.6) is 11.8 Å². The van der Waals surface area contributed by atoms with E-state index in [4.69, 9.17) is 29.4 Å². The normalized spacial score (nSPS) is 11.1. The van der Waals surface area contributed by atoms with E-state index in [1.54, 1.807) is 0 Å². The second-order valence-electron chi connectivity index (χ2n) is 10.9. The van der Waals surface area contributed by atoms with Crippen LogP contribution in [0.4, 0.5) is 11.4 Å². The predicted molar refractivity (Wildman–Crippen MR) is 188 cm³/mol. The maximum Gasteiger partial charge on any atom is 0.225 e. The highest BCUT2D eigenvalue weighted by Gasteiger charge is 2.14. The fraction of sp³-hybridized carbons (Fsp3) is 0.263. The minimum atomic E-state index is 0.285. The van der Waals surface area contributed by atoms with E-state index in [9.17, 15) is 0 Å². The molecule has 6 aromatic rings. The van der Waals surface area contributed by atoms with Gasteiger partial charge in [-0.05, 0) is 100 Å². The van der Waals surface area contributed by atoms with E-state index in [1.165, 1.54) is 11.4 Å². The molecular formula is C38H40N6O2. The number of aromatic nitrogens is 4. The van der Waals surface area contributed by atoms with Crippen LogP contribution < -0.4 is 19.3 Å². The smallest absolute Gasteiger partial charge is 0.225 e. The molecule has 4 aromatic carbocycles. The molecule has 8 heteroatoms. The standard InChI is InChI=1S/C38H40N6O2/c1-5-43(6-2)29-21-17-27(18-22-29)35-39-33-15-11-9-13-31(33)37(41-35)45-25-26-46-38-32-14-10-12-16-34(32)40-36(42-38)28-19-23-30(24-20-28)44(7-3)8-4/h9-24H,5-8,25-26H2,1-4H3. The summed E-state index contributed by atoms with van der Waals surface area (Å²) in [4.78, 5) is 24.0. The molecule has 0 radical (unpaired) electrons. The maximum absolute atomic E-state index is 6.25. The Balaban J connectivity index is 1.21. The molecule has 2 heterocycles. The molecule has 0 aliphatic rings. The Labute approximate surface area is 270 Å². The van der Waals surface area contributed by atoms with Crippen LogP contribution in [-0.4, -0.2) is 59.3 Å². The molecule has 0 spiro atoms. The van der Waals surface area contributed by atoms with Crippen molar-refractivity contribution in [3.05, 3.63) is 97.1 Å². The zero-order valence-corrected chi connectivity index (χ0v) is 27.0. The third-order valence-electron chi connectivity index (χ3n) is 8.21. The van der Waals surface area contributed by atoms with Crippen LogP contribution >= 0.6 is 0 Å². The number of ether oxygens (including phenoxy) is 2. The molecule has 0 unspecified atom stereocenters. The lowest BCUT2D eigenvalue weighted by atomic mass is 10.1. The summed E-state index contributed by atoms with van der Waals surface area (Å²) in [5, 5.41) is 1.71. The number of anilines is 2. The SMILES string of the molecule is CCN(CC)c1ccc(-c2nc(OCCOc3nc(-c4ccc(N(CC)CC)cc4)nc4ccccc34)c3ccccc3n2)cc1. The van der Waals surface area contributed by atoms with Crippen LogP contribution in [0.2, 0.25) is 0 Å². The molecule has 234 valence electrons. The Morgan fingerprint density at radius 3 is 1.20 bits per heavy atom. The Kier molecular flexibility index (Phi) is 9.53. The van der Waals surface area contributed by atoms with Crippen LogP contribution in [-0.2, 0) is 0 Å². The van der Waals surface area contributed by atoms with E-state index >= 15 is 0 Å². The molecule has 0 atom stereocenters. The third kappa shape index (κ3) is 6.56. The van der Waals surface area contributed by atoms with Gasteiger partial charge in [0.05, 0.1) is 21.8 Å². The van der Waals surface area contributed by atoms with Crippen LogP contribution in [0.25, 0.3) is 44.6 Å². The first-order valence-corrected chi connectivity index (χ1v) is 16.1. The molecule has 0 amide bonds. The summed E-state index contributed by atoms with van der Waals surface area (Å²) in [5.41, 5.74) is 5.89. The van der Waals surface area contributed by atoms with Gasteiger partial charge >= 0.3 is 0 Å². The van der Waals surface area contributed by atoms with Gasteiger partial charge in [0.15, 0.2) is 11.6 Å². The first kappa shape index (κ1) is 30.8. The highest BCUT2D eigenvalue weighted by molar-refractivity contribution is 5.86. The molecule has 0 aliphatic heterocycles. The topological polar surface area (TPSA) is 76.5 Å². The van der Waals surface area contributed by atoms with Gasteiger partial charge in [-0.25, -0.2) is 9.97 Å². The maximum atomic E-state index is 6.25. The fourth-order valence-corrected chi connectivity index (χ4v) is 5.67. The van der Waals surface area contributed by atoms with E-state index in [0.717, 1.165) is 59.1 Å². The van der Waals surface area contributed by atoms with E-state index in [1.807, 2.05) is 48.5 Å². The third-order valence-corrected chi connectivity index (χ3v) is 8.21. The van der Waals surface area contributed by atoms with Gasteiger partial charge in [-0.1, -0.05) is 24.3 Å². The zero-order chi connectivity index (χ0) is 31.9. The number of rotatable bonds is 13. The molecule has 0 saturated heterocycles. The van der Waals surface area contributed by atoms with Gasteiger partial charge in [-0.2, -0.15) is 9.97 Å². The summed E-state index contributed by atoms with van der Waals surface area (Å²) in [6.45, 7) is 13.0. The lowest BCUT2D eigenvalue weighted by Gasteiger charge is -2.21. The van der Waals surface area contributed by atoms with Crippen molar-refractivity contribution < 1.29 is 9.47 Å². The Bertz CT molecular complexity index is 1760. The minimum absolute atomic E-state index is 0.285. The van der Waals surface area contributed by atoms with Crippen molar-refractivity contribution in [2.24, 2.45) is 0 Å². The molecular weight excluding hydrogens is 572 g/mol. The van der Waals surface area contributed by atoms with Crippen molar-refractivity contribution in [3.8, 4) is 34.5 Å². The van der Waals surface area contributed by atoms with Gasteiger partial charge in [0.25, 0.3) is 0 Å². The van der Waals surface area contributed by atoms with Crippen LogP contribution in [0.3, 0.4) is 0 Å². The first-order valence-electron chi connectivity index (χ1n) is 16.1. The van der Waals surface area contributed by atoms with Gasteiger partial charge in [-0.3, -0.25) is 0 Å². The monoisotopic (exact) mass is 612 g/mol. The molecule has 2 aromatic heterocycles. The molecule has 0 aliphatic carbocycles. The highest BCUT2D eigenvalue weighted by Crippen LogP contribution is 2.30. The van der Waals surface area contributed by atoms with Crippen LogP contribution in [0.15, 0.2) is 97.1 Å². The van der Waals surface area contributed by atoms with Crippen molar-refractivity contribution in [1.29, 1.82) is 0 Å². The van der Waals surface area contributed by atoms with Crippen LogP contribution in [0, 0.1) is 0 Å². The highest BCUT2D eigenvalue weighted by atomic mass is 16.5. The molecule has 8 nitrogen and oxygen atoms in total. The second-order valence-corrected chi connectivity index (χ2v) is 10.9. The summed E-state index contributed by atoms with van der Waals surface area (Å²) in [5.74, 6) is 2.30. The second kappa shape index (κ2) is 14.2. The Morgan fingerprint density at radius 2 is 0.826 bits per heavy atom. The van der Waals surface area contributed by atoms with Gasteiger partial charge in [-0.15, -0.1) is 0 Å². The predicted octanol–water partition coefficient (Wildman–Crippen LogP) is 8.06. The summed E-state index contributed by atoms with van der Waals surface area (Å²) < 4.78 is 12.5. The average Bonchev–Trinajstić information content (AvgIpc) is 3.11. The lowest BCUT2D eigenvalue weighted by Crippen LogP contribution is -2.21. The van der Waals surface area contributed by atoms with Crippen LogP contribution in [0.1, 0.15) is 27.7 Å². The fourth-order valence-electron chi connectivity index (χ4n) is 5.67. The van der Waals surface area contributed by atoms with Crippen molar-refractivity contribution in [3.63, 3.8) is 0 Å². The largest absolute Gasteiger partial charge is 0.474 e. The van der Waals surface area contributed by atoms with Gasteiger partial charge in [0.2, 0.25) is 11.8 Å². The minimum Gasteiger partial charge on any atom is -0.474 e. The van der Waals surface area contributed by atoms with Crippen molar-refractivity contribution in [2.75, 3.05) is 49.2 Å². The average molecular weight is 613 g/mol. The first-order chi connectivity index (χ1) is 22.6. The van der Waals surface area contributed by atoms with Crippen molar-refractivity contribution >= 4 is 33.2 Å². The molecule has 0 fully saturated rings. The molecule has 0 saturated carbocycles. The van der Waals surface area contributed by atoms with E-state index in [0.29, 0.717) is 23.4 Å². The summed E-state index contributed by atoms with van der Waals surface area (Å²) in [6.07, 6.45) is 0. The summed E-state index contributed by atoms with van der Waals surface area (Å²) in [7, 11) is 0. The number of para-hydroxylation sites is 2. The lowest BCUT2D eigenvalue weighted by molar-refractivity contribution is 0.210. The van der Waals surface area contributed by atoms with Gasteiger partial charge in [0.1, 0.15) is 13.2 Å². The number of nitrogens with zero attached hydrogens (tertiary/aromatic N) is 6.